The number of carbonyl (C=O) groups is 2. The van der Waals surface area contributed by atoms with Crippen LogP contribution in [-0.2, 0) is 17.6 Å². The maximum atomic E-state index is 14.4. The highest BCUT2D eigenvalue weighted by Gasteiger charge is 2.23. The van der Waals surface area contributed by atoms with Crippen molar-refractivity contribution in [3.05, 3.63) is 124 Å². The lowest BCUT2D eigenvalue weighted by Gasteiger charge is -2.17. The highest BCUT2D eigenvalue weighted by atomic mass is 32.2. The number of fused-ring (bicyclic) bond motifs is 2. The molecule has 0 saturated heterocycles. The molecule has 0 heterocycles. The van der Waals surface area contributed by atoms with E-state index >= 15 is 0 Å². The summed E-state index contributed by atoms with van der Waals surface area (Å²) in [5, 5.41) is 0. The predicted molar refractivity (Wildman–Crippen MR) is 157 cm³/mol. The molecule has 42 heavy (non-hydrogen) atoms. The van der Waals surface area contributed by atoms with E-state index in [1.165, 1.54) is 59.9 Å². The smallest absolute Gasteiger partial charge is 0.249 e. The number of carbonyl (C=O) groups excluding carboxylic acids is 2. The molecule has 0 fully saturated rings. The molecule has 4 aromatic carbocycles. The van der Waals surface area contributed by atoms with Gasteiger partial charge in [0.25, 0.3) is 0 Å². The Morgan fingerprint density at radius 1 is 0.667 bits per heavy atom. The molecule has 0 saturated carbocycles. The topological polar surface area (TPSA) is 60.2 Å². The molecule has 0 atom stereocenters. The summed E-state index contributed by atoms with van der Waals surface area (Å²) in [5.74, 6) is -2.32. The number of primary amides is 1. The normalized spacial score (nSPS) is 13.8. The first kappa shape index (κ1) is 29.7. The van der Waals surface area contributed by atoms with Crippen molar-refractivity contribution in [1.82, 2.24) is 0 Å². The van der Waals surface area contributed by atoms with E-state index in [9.17, 15) is 27.2 Å². The number of Topliss-reactive ketones (excluding diaryl/α,β-unsaturated/α-hetero) is 1. The molecule has 0 unspecified atom stereocenters. The van der Waals surface area contributed by atoms with E-state index in [1.807, 2.05) is 12.1 Å². The summed E-state index contributed by atoms with van der Waals surface area (Å²) in [5.41, 5.74) is 7.60. The van der Waals surface area contributed by atoms with Crippen LogP contribution in [0.5, 0.6) is 0 Å². The van der Waals surface area contributed by atoms with E-state index in [1.54, 1.807) is 30.3 Å². The molecule has 0 aliphatic heterocycles. The van der Waals surface area contributed by atoms with Crippen molar-refractivity contribution in [2.75, 3.05) is 0 Å². The fraction of sp³-hybridized carbons (Fsp3) is 0.152. The van der Waals surface area contributed by atoms with Crippen molar-refractivity contribution in [3.8, 4) is 0 Å². The lowest BCUT2D eigenvalue weighted by molar-refractivity contribution is -0.112. The van der Waals surface area contributed by atoms with Crippen LogP contribution in [-0.4, -0.2) is 11.7 Å². The van der Waals surface area contributed by atoms with Gasteiger partial charge in [0.2, 0.25) is 5.91 Å². The second kappa shape index (κ2) is 13.0. The first-order chi connectivity index (χ1) is 20.2. The monoisotopic (exact) mass is 607 g/mol. The zero-order chi connectivity index (χ0) is 29.8. The summed E-state index contributed by atoms with van der Waals surface area (Å²) in [6.45, 7) is 0. The molecule has 9 heteroatoms. The van der Waals surface area contributed by atoms with E-state index in [0.717, 1.165) is 24.0 Å². The number of hydrogen-bond acceptors (Lipinski definition) is 4. The van der Waals surface area contributed by atoms with Crippen molar-refractivity contribution >= 4 is 40.8 Å². The molecule has 2 aliphatic rings. The van der Waals surface area contributed by atoms with Crippen LogP contribution in [0, 0.1) is 23.3 Å². The highest BCUT2D eigenvalue weighted by molar-refractivity contribution is 7.99. The van der Waals surface area contributed by atoms with Gasteiger partial charge in [-0.1, -0.05) is 41.7 Å². The minimum Gasteiger partial charge on any atom is -0.366 e. The van der Waals surface area contributed by atoms with Crippen LogP contribution in [0.4, 0.5) is 17.6 Å². The van der Waals surface area contributed by atoms with Crippen LogP contribution >= 0.6 is 23.5 Å². The number of halogens is 4. The number of allylic oxidation sites excluding steroid dienone is 1. The lowest BCUT2D eigenvalue weighted by atomic mass is 9.90. The maximum absolute atomic E-state index is 14.4. The number of nitrogens with two attached hydrogens (primary N) is 1. The minimum absolute atomic E-state index is 0.119. The quantitative estimate of drug-likeness (QED) is 0.231. The second-order valence-corrected chi connectivity index (χ2v) is 12.1. The Kier molecular flexibility index (Phi) is 9.18. The summed E-state index contributed by atoms with van der Waals surface area (Å²) in [4.78, 5) is 25.9. The average molecular weight is 608 g/mol. The number of rotatable bonds is 5. The van der Waals surface area contributed by atoms with E-state index < -0.39 is 17.5 Å². The zero-order valence-corrected chi connectivity index (χ0v) is 23.9. The van der Waals surface area contributed by atoms with Gasteiger partial charge >= 0.3 is 0 Å². The summed E-state index contributed by atoms with van der Waals surface area (Å²) in [6.07, 6.45) is 4.88. The van der Waals surface area contributed by atoms with E-state index in [0.29, 0.717) is 44.4 Å². The number of ketones is 1. The predicted octanol–water partition coefficient (Wildman–Crippen LogP) is 8.57. The number of benzene rings is 4. The molecule has 0 radical (unpaired) electrons. The summed E-state index contributed by atoms with van der Waals surface area (Å²) >= 11 is 2.58. The third-order valence-corrected chi connectivity index (χ3v) is 8.70. The summed E-state index contributed by atoms with van der Waals surface area (Å²) in [7, 11) is 0. The average Bonchev–Trinajstić information content (AvgIpc) is 2.93. The Labute approximate surface area is 249 Å². The van der Waals surface area contributed by atoms with Gasteiger partial charge < -0.3 is 5.73 Å². The zero-order valence-electron chi connectivity index (χ0n) is 22.3. The van der Waals surface area contributed by atoms with Gasteiger partial charge in [0, 0.05) is 37.1 Å². The molecule has 0 bridgehead atoms. The van der Waals surface area contributed by atoms with Crippen LogP contribution in [0.25, 0.3) is 5.57 Å². The second-order valence-electron chi connectivity index (χ2n) is 9.79. The van der Waals surface area contributed by atoms with Gasteiger partial charge in [-0.3, -0.25) is 9.59 Å². The van der Waals surface area contributed by atoms with E-state index in [2.05, 4.69) is 0 Å². The van der Waals surface area contributed by atoms with Crippen LogP contribution in [0.3, 0.4) is 0 Å². The van der Waals surface area contributed by atoms with Gasteiger partial charge in [-0.15, -0.1) is 0 Å². The number of hydrogen-bond donors (Lipinski definition) is 1. The summed E-state index contributed by atoms with van der Waals surface area (Å²) < 4.78 is 54.8. The molecule has 2 N–H and O–H groups in total. The highest BCUT2D eigenvalue weighted by Crippen LogP contribution is 2.36. The molecular formula is C33H25F4NO2S2. The van der Waals surface area contributed by atoms with Crippen molar-refractivity contribution in [2.45, 2.75) is 51.7 Å². The standard InChI is InChI=1S/C17H13F2NOS.C16H12F2OS/c18-11-4-2-5-12(8-11)22-13-7-10-3-1-6-14(17(20)21)16(10)15(19)9-13;17-11-4-2-5-12(8-11)20-13-7-10-3-1-6-15(19)16(10)14(18)9-13/h2,4-9H,1,3H2,(H2,20,21);2,4-5,7-9H,1,3,6H2. The molecule has 2 aliphatic carbocycles. The summed E-state index contributed by atoms with van der Waals surface area (Å²) in [6, 6.07) is 18.7. The number of amides is 1. The van der Waals surface area contributed by atoms with E-state index in [4.69, 9.17) is 5.73 Å². The minimum atomic E-state index is -0.620. The number of aryl methyl sites for hydroxylation is 2. The Morgan fingerprint density at radius 2 is 1.21 bits per heavy atom. The molecular weight excluding hydrogens is 582 g/mol. The molecule has 214 valence electrons. The van der Waals surface area contributed by atoms with Crippen LogP contribution in [0.1, 0.15) is 46.3 Å². The van der Waals surface area contributed by atoms with Gasteiger partial charge in [0.05, 0.1) is 5.56 Å². The van der Waals surface area contributed by atoms with E-state index in [-0.39, 0.29) is 28.6 Å². The third kappa shape index (κ3) is 6.97. The molecule has 3 nitrogen and oxygen atoms in total. The third-order valence-electron chi connectivity index (χ3n) is 6.78. The Bertz CT molecular complexity index is 1720. The fourth-order valence-corrected chi connectivity index (χ4v) is 6.90. The van der Waals surface area contributed by atoms with Crippen LogP contribution < -0.4 is 5.73 Å². The van der Waals surface area contributed by atoms with Crippen molar-refractivity contribution in [1.29, 1.82) is 0 Å². The largest absolute Gasteiger partial charge is 0.366 e. The van der Waals surface area contributed by atoms with Gasteiger partial charge in [0.1, 0.15) is 23.3 Å². The molecule has 1 amide bonds. The van der Waals surface area contributed by atoms with Gasteiger partial charge in [-0.25, -0.2) is 17.6 Å². The molecule has 0 spiro atoms. The molecule has 4 aromatic rings. The molecule has 0 aromatic heterocycles. The Morgan fingerprint density at radius 3 is 1.76 bits per heavy atom. The fourth-order valence-electron chi connectivity index (χ4n) is 4.99. The van der Waals surface area contributed by atoms with Crippen molar-refractivity contribution in [2.24, 2.45) is 5.73 Å². The first-order valence-corrected chi connectivity index (χ1v) is 14.9. The van der Waals surface area contributed by atoms with Crippen LogP contribution in [0.15, 0.2) is 98.5 Å². The lowest BCUT2D eigenvalue weighted by Crippen LogP contribution is -2.17. The van der Waals surface area contributed by atoms with Gasteiger partial charge in [0.15, 0.2) is 5.78 Å². The SMILES string of the molecule is NC(=O)C1=CCCc2cc(Sc3cccc(F)c3)cc(F)c21.O=C1CCCc2cc(Sc3cccc(F)c3)cc(F)c21. The van der Waals surface area contributed by atoms with Gasteiger partial charge in [-0.2, -0.15) is 0 Å². The van der Waals surface area contributed by atoms with Gasteiger partial charge in [-0.05, 0) is 97.5 Å². The van der Waals surface area contributed by atoms with Crippen molar-refractivity contribution < 1.29 is 27.2 Å². The first-order valence-electron chi connectivity index (χ1n) is 13.2. The van der Waals surface area contributed by atoms with Crippen molar-refractivity contribution in [3.63, 3.8) is 0 Å². The Balaban J connectivity index is 0.000000169. The molecule has 6 rings (SSSR count). The van der Waals surface area contributed by atoms with Crippen LogP contribution in [0.2, 0.25) is 0 Å². The maximum Gasteiger partial charge on any atom is 0.249 e. The Hall–Kier alpha value is -3.82.